The largest absolute Gasteiger partial charge is 0.490 e. The number of carbonyl (C=O) groups is 1. The minimum absolute atomic E-state index is 0.0768. The van der Waals surface area contributed by atoms with Crippen LogP contribution in [0.4, 0.5) is 0 Å². The van der Waals surface area contributed by atoms with Gasteiger partial charge < -0.3 is 14.6 Å². The van der Waals surface area contributed by atoms with Gasteiger partial charge in [0.05, 0.1) is 17.4 Å². The Kier molecular flexibility index (Phi) is 4.61. The van der Waals surface area contributed by atoms with Crippen molar-refractivity contribution in [1.29, 1.82) is 0 Å². The molecule has 1 fully saturated rings. The first-order valence-corrected chi connectivity index (χ1v) is 9.21. The number of amides is 1. The Morgan fingerprint density at radius 1 is 1.23 bits per heavy atom. The Hall–Kier alpha value is -2.82. The fraction of sp³-hybridized carbons (Fsp3) is 0.333. The summed E-state index contributed by atoms with van der Waals surface area (Å²) in [5.41, 5.74) is 3.76. The SMILES string of the molecule is CCc1cccc(OC2CCN(C(=O)c3ccc4nc[nH]c4c3)CC2)c1. The van der Waals surface area contributed by atoms with Gasteiger partial charge in [-0.05, 0) is 42.3 Å². The van der Waals surface area contributed by atoms with Crippen molar-refractivity contribution in [2.45, 2.75) is 32.3 Å². The molecule has 0 spiro atoms. The smallest absolute Gasteiger partial charge is 0.253 e. The quantitative estimate of drug-likeness (QED) is 0.779. The van der Waals surface area contributed by atoms with Crippen LogP contribution in [0.25, 0.3) is 11.0 Å². The Morgan fingerprint density at radius 2 is 2.08 bits per heavy atom. The predicted molar refractivity (Wildman–Crippen MR) is 101 cm³/mol. The van der Waals surface area contributed by atoms with E-state index in [1.54, 1.807) is 6.33 Å². The monoisotopic (exact) mass is 349 g/mol. The molecule has 1 aliphatic rings. The number of rotatable bonds is 4. The minimum atomic E-state index is 0.0768. The molecule has 0 atom stereocenters. The van der Waals surface area contributed by atoms with Crippen LogP contribution < -0.4 is 4.74 Å². The van der Waals surface area contributed by atoms with Crippen LogP contribution in [-0.4, -0.2) is 40.0 Å². The molecule has 0 bridgehead atoms. The molecular weight excluding hydrogens is 326 g/mol. The van der Waals surface area contributed by atoms with Gasteiger partial charge in [-0.1, -0.05) is 19.1 Å². The van der Waals surface area contributed by atoms with E-state index in [2.05, 4.69) is 29.0 Å². The molecule has 2 aromatic carbocycles. The third-order valence-corrected chi connectivity index (χ3v) is 5.01. The molecule has 1 saturated heterocycles. The molecule has 0 radical (unpaired) electrons. The number of nitrogens with one attached hydrogen (secondary N) is 1. The number of likely N-dealkylation sites (tertiary alicyclic amines) is 1. The normalized spacial score (nSPS) is 15.3. The first kappa shape index (κ1) is 16.6. The molecular formula is C21H23N3O2. The highest BCUT2D eigenvalue weighted by Crippen LogP contribution is 2.22. The van der Waals surface area contributed by atoms with Gasteiger partial charge in [0.15, 0.2) is 0 Å². The lowest BCUT2D eigenvalue weighted by Gasteiger charge is -2.32. The van der Waals surface area contributed by atoms with Gasteiger partial charge in [0.1, 0.15) is 11.9 Å². The second-order valence-corrected chi connectivity index (χ2v) is 6.74. The van der Waals surface area contributed by atoms with E-state index in [0.717, 1.165) is 49.1 Å². The first-order valence-electron chi connectivity index (χ1n) is 9.21. The molecule has 5 nitrogen and oxygen atoms in total. The molecule has 134 valence electrons. The molecule has 0 aliphatic carbocycles. The maximum atomic E-state index is 12.8. The highest BCUT2D eigenvalue weighted by molar-refractivity contribution is 5.97. The van der Waals surface area contributed by atoms with Crippen LogP contribution in [-0.2, 0) is 6.42 Å². The highest BCUT2D eigenvalue weighted by atomic mass is 16.5. The number of fused-ring (bicyclic) bond motifs is 1. The van der Waals surface area contributed by atoms with E-state index in [9.17, 15) is 4.79 Å². The number of aromatic amines is 1. The van der Waals surface area contributed by atoms with E-state index in [4.69, 9.17) is 4.74 Å². The Labute approximate surface area is 153 Å². The van der Waals surface area contributed by atoms with Gasteiger partial charge in [0, 0.05) is 31.5 Å². The van der Waals surface area contributed by atoms with Crippen LogP contribution in [0.5, 0.6) is 5.75 Å². The molecule has 0 unspecified atom stereocenters. The van der Waals surface area contributed by atoms with Crippen LogP contribution in [0.2, 0.25) is 0 Å². The number of imidazole rings is 1. The van der Waals surface area contributed by atoms with Gasteiger partial charge in [0.2, 0.25) is 0 Å². The van der Waals surface area contributed by atoms with E-state index in [0.29, 0.717) is 5.56 Å². The maximum Gasteiger partial charge on any atom is 0.253 e. The summed E-state index contributed by atoms with van der Waals surface area (Å²) >= 11 is 0. The van der Waals surface area contributed by atoms with Crippen molar-refractivity contribution in [2.24, 2.45) is 0 Å². The number of hydrogen-bond acceptors (Lipinski definition) is 3. The number of piperidine rings is 1. The van der Waals surface area contributed by atoms with Crippen molar-refractivity contribution >= 4 is 16.9 Å². The van der Waals surface area contributed by atoms with Gasteiger partial charge in [-0.3, -0.25) is 4.79 Å². The number of aromatic nitrogens is 2. The molecule has 26 heavy (non-hydrogen) atoms. The molecule has 1 aromatic heterocycles. The summed E-state index contributed by atoms with van der Waals surface area (Å²) in [6.07, 6.45) is 4.53. The van der Waals surface area contributed by atoms with Crippen molar-refractivity contribution in [3.63, 3.8) is 0 Å². The number of benzene rings is 2. The second-order valence-electron chi connectivity index (χ2n) is 6.74. The van der Waals surface area contributed by atoms with Crippen molar-refractivity contribution < 1.29 is 9.53 Å². The third kappa shape index (κ3) is 3.43. The van der Waals surface area contributed by atoms with Crippen LogP contribution in [0.1, 0.15) is 35.7 Å². The summed E-state index contributed by atoms with van der Waals surface area (Å²) in [4.78, 5) is 21.9. The lowest BCUT2D eigenvalue weighted by molar-refractivity contribution is 0.0595. The standard InChI is InChI=1S/C21H23N3O2/c1-2-15-4-3-5-18(12-15)26-17-8-10-24(11-9-17)21(25)16-6-7-19-20(13-16)23-14-22-19/h3-7,12-14,17H,2,8-11H2,1H3,(H,22,23). The van der Waals surface area contributed by atoms with Gasteiger partial charge in [0.25, 0.3) is 5.91 Å². The summed E-state index contributed by atoms with van der Waals surface area (Å²) in [7, 11) is 0. The summed E-state index contributed by atoms with van der Waals surface area (Å²) in [5.74, 6) is 1.01. The number of hydrogen-bond donors (Lipinski definition) is 1. The zero-order valence-electron chi connectivity index (χ0n) is 14.9. The van der Waals surface area contributed by atoms with E-state index in [1.165, 1.54) is 5.56 Å². The lowest BCUT2D eigenvalue weighted by Crippen LogP contribution is -2.41. The topological polar surface area (TPSA) is 58.2 Å². The van der Waals surface area contributed by atoms with Gasteiger partial charge in [-0.25, -0.2) is 4.98 Å². The Bertz CT molecular complexity index is 910. The summed E-state index contributed by atoms with van der Waals surface area (Å²) in [6.45, 7) is 3.58. The van der Waals surface area contributed by atoms with Crippen LogP contribution in [0, 0.1) is 0 Å². The fourth-order valence-electron chi connectivity index (χ4n) is 3.46. The van der Waals surface area contributed by atoms with E-state index < -0.39 is 0 Å². The second kappa shape index (κ2) is 7.20. The number of carbonyl (C=O) groups excluding carboxylic acids is 1. The van der Waals surface area contributed by atoms with Crippen molar-refractivity contribution in [2.75, 3.05) is 13.1 Å². The fourth-order valence-corrected chi connectivity index (χ4v) is 3.46. The van der Waals surface area contributed by atoms with Crippen LogP contribution >= 0.6 is 0 Å². The average molecular weight is 349 g/mol. The molecule has 1 amide bonds. The molecule has 1 N–H and O–H groups in total. The minimum Gasteiger partial charge on any atom is -0.490 e. The van der Waals surface area contributed by atoms with Crippen molar-refractivity contribution in [1.82, 2.24) is 14.9 Å². The lowest BCUT2D eigenvalue weighted by atomic mass is 10.1. The number of H-pyrrole nitrogens is 1. The Balaban J connectivity index is 1.37. The zero-order valence-corrected chi connectivity index (χ0v) is 14.9. The molecule has 2 heterocycles. The molecule has 4 rings (SSSR count). The van der Waals surface area contributed by atoms with E-state index in [-0.39, 0.29) is 12.0 Å². The van der Waals surface area contributed by atoms with Crippen LogP contribution in [0.3, 0.4) is 0 Å². The summed E-state index contributed by atoms with van der Waals surface area (Å²) in [5, 5.41) is 0. The predicted octanol–water partition coefficient (Wildman–Crippen LogP) is 3.81. The molecule has 1 aliphatic heterocycles. The van der Waals surface area contributed by atoms with Crippen molar-refractivity contribution in [3.8, 4) is 5.75 Å². The Morgan fingerprint density at radius 3 is 2.88 bits per heavy atom. The van der Waals surface area contributed by atoms with Gasteiger partial charge in [-0.15, -0.1) is 0 Å². The van der Waals surface area contributed by atoms with Gasteiger partial charge in [-0.2, -0.15) is 0 Å². The zero-order chi connectivity index (χ0) is 17.9. The molecule has 0 saturated carbocycles. The third-order valence-electron chi connectivity index (χ3n) is 5.01. The average Bonchev–Trinajstić information content (AvgIpc) is 3.16. The highest BCUT2D eigenvalue weighted by Gasteiger charge is 2.25. The molecule has 5 heteroatoms. The van der Waals surface area contributed by atoms with E-state index >= 15 is 0 Å². The number of nitrogens with zero attached hydrogens (tertiary/aromatic N) is 2. The molecule has 3 aromatic rings. The van der Waals surface area contributed by atoms with Gasteiger partial charge >= 0.3 is 0 Å². The van der Waals surface area contributed by atoms with Crippen molar-refractivity contribution in [3.05, 3.63) is 59.9 Å². The van der Waals surface area contributed by atoms with E-state index in [1.807, 2.05) is 35.2 Å². The summed E-state index contributed by atoms with van der Waals surface area (Å²) in [6, 6.07) is 13.9. The summed E-state index contributed by atoms with van der Waals surface area (Å²) < 4.78 is 6.13. The first-order chi connectivity index (χ1) is 12.7. The van der Waals surface area contributed by atoms with Crippen LogP contribution in [0.15, 0.2) is 48.8 Å². The number of ether oxygens (including phenoxy) is 1. The number of aryl methyl sites for hydroxylation is 1. The maximum absolute atomic E-state index is 12.8.